The number of imidazole rings is 1. The van der Waals surface area contributed by atoms with Crippen LogP contribution in [0.4, 0.5) is 0 Å². The van der Waals surface area contributed by atoms with E-state index in [1.54, 1.807) is 29.0 Å². The van der Waals surface area contributed by atoms with Gasteiger partial charge in [-0.1, -0.05) is 23.2 Å². The van der Waals surface area contributed by atoms with Gasteiger partial charge in [0.1, 0.15) is 23.3 Å². The molecule has 3 nitrogen and oxygen atoms in total. The lowest BCUT2D eigenvalue weighted by atomic mass is 10.3. The van der Waals surface area contributed by atoms with Gasteiger partial charge in [-0.3, -0.25) is 0 Å². The number of nitrogens with zero attached hydrogens (tertiary/aromatic N) is 2. The van der Waals surface area contributed by atoms with E-state index in [2.05, 4.69) is 20.9 Å². The van der Waals surface area contributed by atoms with E-state index in [0.717, 1.165) is 10.3 Å². The van der Waals surface area contributed by atoms with Crippen LogP contribution in [-0.2, 0) is 13.7 Å². The molecule has 1 aromatic carbocycles. The van der Waals surface area contributed by atoms with Gasteiger partial charge in [0, 0.05) is 12.1 Å². The van der Waals surface area contributed by atoms with E-state index < -0.39 is 0 Å². The van der Waals surface area contributed by atoms with Crippen molar-refractivity contribution in [3.05, 3.63) is 44.9 Å². The molecule has 1 aromatic heterocycles. The maximum absolute atomic E-state index is 5.88. The molecule has 17 heavy (non-hydrogen) atoms. The number of hydrogen-bond acceptors (Lipinski definition) is 2. The van der Waals surface area contributed by atoms with Gasteiger partial charge in [-0.2, -0.15) is 0 Å². The fourth-order valence-corrected chi connectivity index (χ4v) is 2.24. The third-order valence-electron chi connectivity index (χ3n) is 2.28. The molecule has 0 aliphatic heterocycles. The fraction of sp³-hybridized carbons (Fsp3) is 0.182. The van der Waals surface area contributed by atoms with Crippen molar-refractivity contribution in [2.45, 2.75) is 6.61 Å². The second kappa shape index (κ2) is 5.29. The molecule has 0 amide bonds. The highest BCUT2D eigenvalue weighted by atomic mass is 79.9. The van der Waals surface area contributed by atoms with Crippen molar-refractivity contribution in [3.8, 4) is 5.75 Å². The van der Waals surface area contributed by atoms with Crippen molar-refractivity contribution in [1.29, 1.82) is 0 Å². The highest BCUT2D eigenvalue weighted by Gasteiger charge is 2.07. The molecule has 0 atom stereocenters. The van der Waals surface area contributed by atoms with Crippen LogP contribution in [0.2, 0.25) is 10.2 Å². The fourth-order valence-electron chi connectivity index (χ4n) is 1.29. The van der Waals surface area contributed by atoms with Gasteiger partial charge in [0.05, 0.1) is 10.7 Å². The number of rotatable bonds is 3. The van der Waals surface area contributed by atoms with Gasteiger partial charge in [0.2, 0.25) is 0 Å². The zero-order valence-electron chi connectivity index (χ0n) is 8.95. The molecule has 2 rings (SSSR count). The summed E-state index contributed by atoms with van der Waals surface area (Å²) in [5.41, 5.74) is 0. The van der Waals surface area contributed by atoms with E-state index in [1.807, 2.05) is 7.05 Å². The van der Waals surface area contributed by atoms with Gasteiger partial charge < -0.3 is 9.30 Å². The first-order valence-electron chi connectivity index (χ1n) is 4.82. The lowest BCUT2D eigenvalue weighted by Gasteiger charge is -2.08. The summed E-state index contributed by atoms with van der Waals surface area (Å²) in [6.45, 7) is 0.351. The van der Waals surface area contributed by atoms with Crippen molar-refractivity contribution in [2.24, 2.45) is 7.05 Å². The number of aromatic nitrogens is 2. The van der Waals surface area contributed by atoms with Crippen LogP contribution in [0.1, 0.15) is 5.82 Å². The van der Waals surface area contributed by atoms with E-state index in [-0.39, 0.29) is 0 Å². The molecule has 0 bridgehead atoms. The Labute approximate surface area is 117 Å². The maximum Gasteiger partial charge on any atom is 0.147 e. The molecular formula is C11H9BrCl2N2O. The van der Waals surface area contributed by atoms with Crippen LogP contribution < -0.4 is 4.74 Å². The Morgan fingerprint density at radius 3 is 2.76 bits per heavy atom. The molecule has 0 aliphatic carbocycles. The first-order chi connectivity index (χ1) is 8.08. The maximum atomic E-state index is 5.88. The SMILES string of the molecule is Cn1c(Cl)cnc1COc1ccc(Cl)cc1Br. The highest BCUT2D eigenvalue weighted by Crippen LogP contribution is 2.28. The average molecular weight is 336 g/mol. The molecule has 0 fully saturated rings. The smallest absolute Gasteiger partial charge is 0.147 e. The number of halogens is 3. The number of benzene rings is 1. The summed E-state index contributed by atoms with van der Waals surface area (Å²) in [6.07, 6.45) is 1.59. The first-order valence-corrected chi connectivity index (χ1v) is 6.37. The van der Waals surface area contributed by atoms with E-state index in [1.165, 1.54) is 0 Å². The van der Waals surface area contributed by atoms with Crippen LogP contribution >= 0.6 is 39.1 Å². The second-order valence-corrected chi connectivity index (χ2v) is 5.10. The lowest BCUT2D eigenvalue weighted by Crippen LogP contribution is -2.03. The van der Waals surface area contributed by atoms with Gasteiger partial charge in [-0.25, -0.2) is 4.98 Å². The van der Waals surface area contributed by atoms with Crippen LogP contribution in [0.3, 0.4) is 0 Å². The van der Waals surface area contributed by atoms with Crippen LogP contribution in [0, 0.1) is 0 Å². The summed E-state index contributed by atoms with van der Waals surface area (Å²) in [4.78, 5) is 4.14. The van der Waals surface area contributed by atoms with Crippen molar-refractivity contribution in [1.82, 2.24) is 9.55 Å². The quantitative estimate of drug-likeness (QED) is 0.845. The molecule has 0 aliphatic rings. The van der Waals surface area contributed by atoms with E-state index in [0.29, 0.717) is 22.5 Å². The highest BCUT2D eigenvalue weighted by molar-refractivity contribution is 9.10. The molecule has 0 unspecified atom stereocenters. The molecule has 1 heterocycles. The summed E-state index contributed by atoms with van der Waals surface area (Å²) in [7, 11) is 1.84. The molecule has 0 spiro atoms. The standard InChI is InChI=1S/C11H9BrCl2N2O/c1-16-10(14)5-15-11(16)6-17-9-3-2-7(13)4-8(9)12/h2-5H,6H2,1H3. The predicted octanol–water partition coefficient (Wildman–Crippen LogP) is 4.07. The largest absolute Gasteiger partial charge is 0.484 e. The summed E-state index contributed by atoms with van der Waals surface area (Å²) in [6, 6.07) is 5.35. The summed E-state index contributed by atoms with van der Waals surface area (Å²) >= 11 is 15.1. The van der Waals surface area contributed by atoms with Gasteiger partial charge in [-0.15, -0.1) is 0 Å². The Hall–Kier alpha value is -0.710. The molecular weight excluding hydrogens is 327 g/mol. The van der Waals surface area contributed by atoms with Crippen LogP contribution in [-0.4, -0.2) is 9.55 Å². The number of hydrogen-bond donors (Lipinski definition) is 0. The Bertz CT molecular complexity index is 542. The molecule has 6 heteroatoms. The van der Waals surface area contributed by atoms with Gasteiger partial charge >= 0.3 is 0 Å². The monoisotopic (exact) mass is 334 g/mol. The Morgan fingerprint density at radius 1 is 1.41 bits per heavy atom. The Kier molecular flexibility index (Phi) is 3.97. The zero-order chi connectivity index (χ0) is 12.4. The molecule has 0 radical (unpaired) electrons. The molecule has 0 saturated carbocycles. The van der Waals surface area contributed by atoms with Crippen molar-refractivity contribution >= 4 is 39.1 Å². The summed E-state index contributed by atoms with van der Waals surface area (Å²) in [5, 5.41) is 1.24. The van der Waals surface area contributed by atoms with Crippen LogP contribution in [0.15, 0.2) is 28.9 Å². The predicted molar refractivity (Wildman–Crippen MR) is 71.7 cm³/mol. The minimum atomic E-state index is 0.351. The molecule has 0 saturated heterocycles. The van der Waals surface area contributed by atoms with Crippen molar-refractivity contribution < 1.29 is 4.74 Å². The summed E-state index contributed by atoms with van der Waals surface area (Å²) in [5.74, 6) is 1.48. The second-order valence-electron chi connectivity index (χ2n) is 3.42. The molecule has 90 valence electrons. The average Bonchev–Trinajstić information content (AvgIpc) is 2.59. The molecule has 0 N–H and O–H groups in total. The minimum Gasteiger partial charge on any atom is -0.484 e. The van der Waals surface area contributed by atoms with Gasteiger partial charge in [-0.05, 0) is 34.1 Å². The Balaban J connectivity index is 2.10. The zero-order valence-corrected chi connectivity index (χ0v) is 12.1. The van der Waals surface area contributed by atoms with Crippen LogP contribution in [0.5, 0.6) is 5.75 Å². The topological polar surface area (TPSA) is 27.1 Å². The van der Waals surface area contributed by atoms with E-state index in [4.69, 9.17) is 27.9 Å². The van der Waals surface area contributed by atoms with Crippen molar-refractivity contribution in [2.75, 3.05) is 0 Å². The number of ether oxygens (including phenoxy) is 1. The molecule has 2 aromatic rings. The third kappa shape index (κ3) is 2.94. The van der Waals surface area contributed by atoms with Crippen LogP contribution in [0.25, 0.3) is 0 Å². The summed E-state index contributed by atoms with van der Waals surface area (Å²) < 4.78 is 8.20. The third-order valence-corrected chi connectivity index (χ3v) is 3.48. The van der Waals surface area contributed by atoms with E-state index in [9.17, 15) is 0 Å². The van der Waals surface area contributed by atoms with E-state index >= 15 is 0 Å². The minimum absolute atomic E-state index is 0.351. The van der Waals surface area contributed by atoms with Gasteiger partial charge in [0.25, 0.3) is 0 Å². The first kappa shape index (κ1) is 12.7. The lowest BCUT2D eigenvalue weighted by molar-refractivity contribution is 0.290. The normalized spacial score (nSPS) is 10.6. The Morgan fingerprint density at radius 2 is 2.18 bits per heavy atom. The van der Waals surface area contributed by atoms with Gasteiger partial charge in [0.15, 0.2) is 0 Å². The van der Waals surface area contributed by atoms with Crippen molar-refractivity contribution in [3.63, 3.8) is 0 Å².